The number of nitrogens with one attached hydrogen (secondary N) is 1. The molecule has 0 saturated carbocycles. The average Bonchev–Trinajstić information content (AvgIpc) is 3.15. The number of halogens is 7. The predicted molar refractivity (Wildman–Crippen MR) is 128 cm³/mol. The van der Waals surface area contributed by atoms with Crippen LogP contribution in [0.3, 0.4) is 0 Å². The minimum atomic E-state index is -4.76. The fourth-order valence-corrected chi connectivity index (χ4v) is 5.16. The second-order valence-electron chi connectivity index (χ2n) is 8.79. The molecule has 0 radical (unpaired) electrons. The van der Waals surface area contributed by atoms with Crippen molar-refractivity contribution >= 4 is 52.1 Å². The van der Waals surface area contributed by atoms with Gasteiger partial charge in [0.15, 0.2) is 0 Å². The van der Waals surface area contributed by atoms with Gasteiger partial charge in [0.1, 0.15) is 24.7 Å². The zero-order chi connectivity index (χ0) is 24.7. The number of carbonyl (C=O) groups is 1. The van der Waals surface area contributed by atoms with Gasteiger partial charge in [-0.15, -0.1) is 0 Å². The Balaban J connectivity index is 0.00000342. The van der Waals surface area contributed by atoms with Crippen LogP contribution in [0.25, 0.3) is 0 Å². The first-order valence-corrected chi connectivity index (χ1v) is 11.9. The summed E-state index contributed by atoms with van der Waals surface area (Å²) in [7, 11) is 1.81. The third kappa shape index (κ3) is 6.18. The van der Waals surface area contributed by atoms with E-state index in [0.717, 1.165) is 24.3 Å². The number of amides is 1. The molecule has 2 aromatic carbocycles. The van der Waals surface area contributed by atoms with Gasteiger partial charge in [-0.1, -0.05) is 46.9 Å². The van der Waals surface area contributed by atoms with E-state index in [2.05, 4.69) is 10.5 Å². The number of alkyl halides is 3. The van der Waals surface area contributed by atoms with E-state index in [4.69, 9.17) is 34.8 Å². The molecule has 0 aromatic heterocycles. The molecular weight excluding hydrogens is 639 g/mol. The maximum atomic E-state index is 14.5. The van der Waals surface area contributed by atoms with Gasteiger partial charge < -0.3 is 24.0 Å². The summed E-state index contributed by atoms with van der Waals surface area (Å²) in [5.41, 5.74) is 2.68. The molecule has 0 spiro atoms. The minimum absolute atomic E-state index is 0. The van der Waals surface area contributed by atoms with E-state index in [1.165, 1.54) is 42.5 Å². The van der Waals surface area contributed by atoms with Gasteiger partial charge in [0.25, 0.3) is 0 Å². The highest BCUT2D eigenvalue weighted by molar-refractivity contribution is 6.41. The van der Waals surface area contributed by atoms with Crippen molar-refractivity contribution in [2.45, 2.75) is 31.5 Å². The number of benzene rings is 2. The Bertz CT molecular complexity index is 1110. The molecule has 190 valence electrons. The number of carbonyl (C=O) groups excluding carboxylic acids is 1. The number of anilines is 1. The Kier molecular flexibility index (Phi) is 8.90. The molecule has 1 saturated heterocycles. The number of piperidine rings is 1. The van der Waals surface area contributed by atoms with Crippen molar-refractivity contribution in [1.82, 2.24) is 5.43 Å². The summed E-state index contributed by atoms with van der Waals surface area (Å²) in [5, 5.41) is 6.20. The number of nitrogens with zero attached hydrogens (tertiary/aromatic N) is 3. The summed E-state index contributed by atoms with van der Waals surface area (Å²) in [5.74, 6) is -3.03. The van der Waals surface area contributed by atoms with Crippen molar-refractivity contribution < 1.29 is 46.5 Å². The van der Waals surface area contributed by atoms with Crippen molar-refractivity contribution in [3.63, 3.8) is 0 Å². The third-order valence-electron chi connectivity index (χ3n) is 6.22. The molecule has 2 aromatic rings. The molecule has 0 unspecified atom stereocenters. The zero-order valence-electron chi connectivity index (χ0n) is 18.6. The Morgan fingerprint density at radius 1 is 1.03 bits per heavy atom. The molecule has 1 N–H and O–H groups in total. The van der Waals surface area contributed by atoms with Gasteiger partial charge in [0.05, 0.1) is 23.8 Å². The molecule has 2 aliphatic rings. The standard InChI is InChI=1S/C23H22Cl3F3N4O.HI/c1-33(11-3-2-4-12-33)31-22(34)20-19(23(27,28)29)21(14-5-7-15(24)8-6-14)32(30-20)18-10-9-16(25)13-17(18)26;/h5-10,13,19,21H,2-4,11-12H2,1H3;1H/t19-,21-;/m0./s1. The lowest BCUT2D eigenvalue weighted by Gasteiger charge is -2.36. The van der Waals surface area contributed by atoms with E-state index in [0.29, 0.717) is 28.7 Å². The fraction of sp³-hybridized carbons (Fsp3) is 0.391. The van der Waals surface area contributed by atoms with Crippen LogP contribution in [0.1, 0.15) is 30.9 Å². The molecule has 0 bridgehead atoms. The molecule has 0 aliphatic carbocycles. The van der Waals surface area contributed by atoms with Crippen LogP contribution in [-0.4, -0.2) is 42.5 Å². The Morgan fingerprint density at radius 3 is 2.20 bits per heavy atom. The van der Waals surface area contributed by atoms with Crippen LogP contribution >= 0.6 is 34.8 Å². The molecule has 1 fully saturated rings. The maximum absolute atomic E-state index is 14.5. The Morgan fingerprint density at radius 2 is 1.63 bits per heavy atom. The summed E-state index contributed by atoms with van der Waals surface area (Å²) < 4.78 is 43.8. The normalized spacial score (nSPS) is 21.8. The molecule has 35 heavy (non-hydrogen) atoms. The summed E-state index contributed by atoms with van der Waals surface area (Å²) >= 11 is 18.3. The van der Waals surface area contributed by atoms with Gasteiger partial charge in [-0.3, -0.25) is 9.80 Å². The highest BCUT2D eigenvalue weighted by Gasteiger charge is 2.57. The summed E-state index contributed by atoms with van der Waals surface area (Å²) in [6.07, 6.45) is -1.97. The van der Waals surface area contributed by atoms with Crippen LogP contribution in [0.4, 0.5) is 18.9 Å². The SMILES string of the molecule is C[N+]1(NC(=O)C2=NN(c3ccc(Cl)cc3Cl)[C@@H](c3ccc(Cl)cc3)[C@H]2C(F)(F)F)CCCCC1.[I-]. The van der Waals surface area contributed by atoms with Crippen LogP contribution in [0.2, 0.25) is 15.1 Å². The first-order valence-electron chi connectivity index (χ1n) is 10.8. The van der Waals surface area contributed by atoms with Crippen LogP contribution in [0.5, 0.6) is 0 Å². The molecule has 1 amide bonds. The van der Waals surface area contributed by atoms with Gasteiger partial charge in [-0.25, -0.2) is 4.59 Å². The van der Waals surface area contributed by atoms with E-state index in [1.54, 1.807) is 7.05 Å². The zero-order valence-corrected chi connectivity index (χ0v) is 23.1. The van der Waals surface area contributed by atoms with Crippen LogP contribution in [0.15, 0.2) is 47.6 Å². The second kappa shape index (κ2) is 11.0. The molecule has 2 atom stereocenters. The first-order chi connectivity index (χ1) is 16.0. The van der Waals surface area contributed by atoms with Gasteiger partial charge in [0.2, 0.25) is 0 Å². The van der Waals surface area contributed by atoms with Gasteiger partial charge in [0, 0.05) is 10.0 Å². The van der Waals surface area contributed by atoms with Crippen molar-refractivity contribution in [2.24, 2.45) is 11.0 Å². The smallest absolute Gasteiger partial charge is 0.399 e. The van der Waals surface area contributed by atoms with Crippen LogP contribution in [-0.2, 0) is 4.79 Å². The fourth-order valence-electron chi connectivity index (χ4n) is 4.54. The monoisotopic (exact) mass is 660 g/mol. The molecule has 2 aliphatic heterocycles. The van der Waals surface area contributed by atoms with Gasteiger partial charge in [-0.2, -0.15) is 23.7 Å². The van der Waals surface area contributed by atoms with Crippen molar-refractivity contribution in [3.05, 3.63) is 63.1 Å². The van der Waals surface area contributed by atoms with Crippen molar-refractivity contribution in [2.75, 3.05) is 25.1 Å². The lowest BCUT2D eigenvalue weighted by Crippen LogP contribution is -3.00. The van der Waals surface area contributed by atoms with Gasteiger partial charge in [-0.05, 0) is 55.2 Å². The van der Waals surface area contributed by atoms with E-state index >= 15 is 0 Å². The minimum Gasteiger partial charge on any atom is -1.00 e. The Hall–Kier alpha value is -1.27. The van der Waals surface area contributed by atoms with Crippen LogP contribution < -0.4 is 34.4 Å². The van der Waals surface area contributed by atoms with E-state index < -0.39 is 29.8 Å². The number of rotatable bonds is 4. The quantitative estimate of drug-likeness (QED) is 0.404. The number of likely N-dealkylation sites (tertiary alicyclic amines) is 1. The van der Waals surface area contributed by atoms with Gasteiger partial charge >= 0.3 is 12.1 Å². The molecule has 5 nitrogen and oxygen atoms in total. The largest absolute Gasteiger partial charge is 1.00 e. The van der Waals surface area contributed by atoms with E-state index in [1.807, 2.05) is 0 Å². The highest BCUT2D eigenvalue weighted by Crippen LogP contribution is 2.48. The number of hydrogen-bond acceptors (Lipinski definition) is 3. The molecule has 4 rings (SSSR count). The predicted octanol–water partition coefficient (Wildman–Crippen LogP) is 3.41. The lowest BCUT2D eigenvalue weighted by atomic mass is 9.88. The molecular formula is C23H23Cl3F3IN4O. The van der Waals surface area contributed by atoms with Crippen molar-refractivity contribution in [1.29, 1.82) is 0 Å². The number of hydrogen-bond donors (Lipinski definition) is 1. The summed E-state index contributed by atoms with van der Waals surface area (Å²) in [6, 6.07) is 9.07. The Labute approximate surface area is 233 Å². The van der Waals surface area contributed by atoms with E-state index in [-0.39, 0.29) is 39.3 Å². The first kappa shape index (κ1) is 28.3. The number of quaternary nitrogens is 1. The molecule has 12 heteroatoms. The average molecular weight is 662 g/mol. The third-order valence-corrected chi connectivity index (χ3v) is 7.01. The van der Waals surface area contributed by atoms with E-state index in [9.17, 15) is 18.0 Å². The summed E-state index contributed by atoms with van der Waals surface area (Å²) in [4.78, 5) is 13.3. The highest BCUT2D eigenvalue weighted by atomic mass is 127. The van der Waals surface area contributed by atoms with Crippen molar-refractivity contribution in [3.8, 4) is 0 Å². The lowest BCUT2D eigenvalue weighted by molar-refractivity contribution is -0.947. The summed E-state index contributed by atoms with van der Waals surface area (Å²) in [6.45, 7) is 1.28. The maximum Gasteiger partial charge on any atom is 0.399 e. The van der Waals surface area contributed by atoms with Crippen LogP contribution in [0, 0.1) is 5.92 Å². The second-order valence-corrected chi connectivity index (χ2v) is 10.1. The molecule has 2 heterocycles. The number of hydrazone groups is 1. The topological polar surface area (TPSA) is 44.7 Å².